The van der Waals surface area contributed by atoms with Crippen molar-refractivity contribution in [1.29, 1.82) is 0 Å². The summed E-state index contributed by atoms with van der Waals surface area (Å²) >= 11 is 0. The van der Waals surface area contributed by atoms with Crippen LogP contribution in [0.4, 0.5) is 10.5 Å². The molecule has 1 atom stereocenters. The normalized spacial score (nSPS) is 20.9. The van der Waals surface area contributed by atoms with E-state index in [0.717, 1.165) is 70.0 Å². The van der Waals surface area contributed by atoms with Crippen molar-refractivity contribution < 1.29 is 9.53 Å². The molecular weight excluding hydrogens is 356 g/mol. The minimum Gasteiger partial charge on any atom is -0.379 e. The van der Waals surface area contributed by atoms with E-state index in [-0.39, 0.29) is 6.03 Å². The Morgan fingerprint density at radius 2 is 2.11 bits per heavy atom. The molecule has 2 aliphatic heterocycles. The molecule has 3 heterocycles. The van der Waals surface area contributed by atoms with E-state index in [2.05, 4.69) is 20.3 Å². The topological polar surface area (TPSA) is 75.5 Å². The van der Waals surface area contributed by atoms with Crippen LogP contribution in [0.1, 0.15) is 25.7 Å². The number of urea groups is 1. The molecule has 4 rings (SSSR count). The molecule has 0 unspecified atom stereocenters. The Kier molecular flexibility index (Phi) is 6.18. The molecule has 0 aliphatic carbocycles. The lowest BCUT2D eigenvalue weighted by Gasteiger charge is -2.37. The molecule has 8 nitrogen and oxygen atoms in total. The number of carbonyl (C=O) groups is 1. The van der Waals surface area contributed by atoms with Crippen LogP contribution in [0.15, 0.2) is 36.9 Å². The lowest BCUT2D eigenvalue weighted by atomic mass is 9.99. The number of nitrogens with one attached hydrogen (secondary N) is 1. The molecule has 150 valence electrons. The Bertz CT molecular complexity index is 760. The Labute approximate surface area is 165 Å². The monoisotopic (exact) mass is 384 g/mol. The fraction of sp³-hybridized carbons (Fsp3) is 0.550. The number of piperidine rings is 1. The molecule has 0 saturated carbocycles. The predicted molar refractivity (Wildman–Crippen MR) is 107 cm³/mol. The number of amides is 2. The summed E-state index contributed by atoms with van der Waals surface area (Å²) in [5, 5.41) is 7.22. The van der Waals surface area contributed by atoms with Crippen molar-refractivity contribution in [2.75, 3.05) is 44.7 Å². The first-order chi connectivity index (χ1) is 13.8. The fourth-order valence-electron chi connectivity index (χ4n) is 3.99. The number of ether oxygens (including phenoxy) is 1. The van der Waals surface area contributed by atoms with Crippen molar-refractivity contribution in [3.8, 4) is 5.69 Å². The summed E-state index contributed by atoms with van der Waals surface area (Å²) in [6.45, 7) is 5.47. The molecule has 1 aromatic heterocycles. The Hall–Kier alpha value is -2.45. The summed E-state index contributed by atoms with van der Waals surface area (Å²) < 4.78 is 7.11. The van der Waals surface area contributed by atoms with Gasteiger partial charge in [0.05, 0.1) is 18.9 Å². The molecule has 2 amide bonds. The van der Waals surface area contributed by atoms with E-state index in [1.807, 2.05) is 29.2 Å². The summed E-state index contributed by atoms with van der Waals surface area (Å²) in [5.74, 6) is 0. The smallest absolute Gasteiger partial charge is 0.322 e. The maximum atomic E-state index is 13.0. The maximum absolute atomic E-state index is 13.0. The average molecular weight is 384 g/mol. The number of benzene rings is 1. The van der Waals surface area contributed by atoms with E-state index in [4.69, 9.17) is 4.74 Å². The van der Waals surface area contributed by atoms with Gasteiger partial charge in [-0.25, -0.2) is 14.5 Å². The molecular formula is C20H28N6O2. The third kappa shape index (κ3) is 4.69. The van der Waals surface area contributed by atoms with Gasteiger partial charge in [-0.1, -0.05) is 6.07 Å². The highest BCUT2D eigenvalue weighted by molar-refractivity contribution is 5.89. The number of hydrogen-bond donors (Lipinski definition) is 1. The number of aromatic nitrogens is 3. The van der Waals surface area contributed by atoms with E-state index in [9.17, 15) is 4.79 Å². The standard InChI is InChI=1S/C20H28N6O2/c27-20(23-17-4-3-6-19(14-17)26-16-21-15-22-26)25-8-2-1-5-18(25)7-9-24-10-12-28-13-11-24/h3-4,6,14-16,18H,1-2,5,7-13H2,(H,23,27)/t18-/m1/s1. The molecule has 1 aromatic carbocycles. The van der Waals surface area contributed by atoms with Crippen molar-refractivity contribution in [1.82, 2.24) is 24.6 Å². The number of hydrogen-bond acceptors (Lipinski definition) is 5. The Morgan fingerprint density at radius 3 is 2.93 bits per heavy atom. The summed E-state index contributed by atoms with van der Waals surface area (Å²) in [6.07, 6.45) is 7.51. The zero-order chi connectivity index (χ0) is 19.2. The second-order valence-corrected chi connectivity index (χ2v) is 7.41. The first-order valence-corrected chi connectivity index (χ1v) is 10.1. The minimum atomic E-state index is -0.0117. The quantitative estimate of drug-likeness (QED) is 0.857. The van der Waals surface area contributed by atoms with Crippen molar-refractivity contribution in [2.24, 2.45) is 0 Å². The largest absolute Gasteiger partial charge is 0.379 e. The highest BCUT2D eigenvalue weighted by Crippen LogP contribution is 2.22. The van der Waals surface area contributed by atoms with Gasteiger partial charge in [0.2, 0.25) is 0 Å². The molecule has 0 spiro atoms. The van der Waals surface area contributed by atoms with E-state index >= 15 is 0 Å². The van der Waals surface area contributed by atoms with Gasteiger partial charge in [0.15, 0.2) is 0 Å². The van der Waals surface area contributed by atoms with E-state index in [1.165, 1.54) is 12.7 Å². The Morgan fingerprint density at radius 1 is 1.21 bits per heavy atom. The molecule has 2 saturated heterocycles. The van der Waals surface area contributed by atoms with Gasteiger partial charge < -0.3 is 15.0 Å². The van der Waals surface area contributed by atoms with Gasteiger partial charge in [0, 0.05) is 37.9 Å². The molecule has 2 aromatic rings. The van der Waals surface area contributed by atoms with Crippen molar-refractivity contribution >= 4 is 11.7 Å². The van der Waals surface area contributed by atoms with Crippen LogP contribution in [0.3, 0.4) is 0 Å². The Balaban J connectivity index is 1.37. The molecule has 2 aliphatic rings. The maximum Gasteiger partial charge on any atom is 0.322 e. The van der Waals surface area contributed by atoms with Crippen LogP contribution in [0, 0.1) is 0 Å². The van der Waals surface area contributed by atoms with Gasteiger partial charge in [-0.3, -0.25) is 4.90 Å². The van der Waals surface area contributed by atoms with Crippen LogP contribution in [-0.4, -0.2) is 76.0 Å². The average Bonchev–Trinajstić information content (AvgIpc) is 3.28. The SMILES string of the molecule is O=C(Nc1cccc(-n2cncn2)c1)N1CCCC[C@@H]1CCN1CCOCC1. The lowest BCUT2D eigenvalue weighted by molar-refractivity contribution is 0.0329. The van der Waals surface area contributed by atoms with Crippen molar-refractivity contribution in [2.45, 2.75) is 31.7 Å². The highest BCUT2D eigenvalue weighted by atomic mass is 16.5. The third-order valence-electron chi connectivity index (χ3n) is 5.55. The van der Waals surface area contributed by atoms with Gasteiger partial charge in [0.1, 0.15) is 12.7 Å². The summed E-state index contributed by atoms with van der Waals surface area (Å²) in [5.41, 5.74) is 1.65. The summed E-state index contributed by atoms with van der Waals surface area (Å²) in [7, 11) is 0. The van der Waals surface area contributed by atoms with Crippen molar-refractivity contribution in [3.05, 3.63) is 36.9 Å². The van der Waals surface area contributed by atoms with Crippen LogP contribution < -0.4 is 5.32 Å². The van der Waals surface area contributed by atoms with Crippen LogP contribution >= 0.6 is 0 Å². The van der Waals surface area contributed by atoms with Gasteiger partial charge in [0.25, 0.3) is 0 Å². The summed E-state index contributed by atoms with van der Waals surface area (Å²) in [4.78, 5) is 21.4. The third-order valence-corrected chi connectivity index (χ3v) is 5.55. The molecule has 2 fully saturated rings. The second-order valence-electron chi connectivity index (χ2n) is 7.41. The fourth-order valence-corrected chi connectivity index (χ4v) is 3.99. The van der Waals surface area contributed by atoms with Crippen LogP contribution in [-0.2, 0) is 4.74 Å². The lowest BCUT2D eigenvalue weighted by Crippen LogP contribution is -2.48. The number of nitrogens with zero attached hydrogens (tertiary/aromatic N) is 5. The molecule has 1 N–H and O–H groups in total. The van der Waals surface area contributed by atoms with Gasteiger partial charge >= 0.3 is 6.03 Å². The number of carbonyl (C=O) groups excluding carboxylic acids is 1. The second kappa shape index (κ2) is 9.16. The number of likely N-dealkylation sites (tertiary alicyclic amines) is 1. The zero-order valence-electron chi connectivity index (χ0n) is 16.2. The van der Waals surface area contributed by atoms with E-state index in [0.29, 0.717) is 6.04 Å². The van der Waals surface area contributed by atoms with E-state index in [1.54, 1.807) is 11.0 Å². The van der Waals surface area contributed by atoms with Crippen LogP contribution in [0.5, 0.6) is 0 Å². The van der Waals surface area contributed by atoms with Gasteiger partial charge in [-0.05, 0) is 43.9 Å². The minimum absolute atomic E-state index is 0.0117. The van der Waals surface area contributed by atoms with E-state index < -0.39 is 0 Å². The first kappa shape index (κ1) is 18.9. The van der Waals surface area contributed by atoms with Gasteiger partial charge in [-0.2, -0.15) is 5.10 Å². The molecule has 0 radical (unpaired) electrons. The van der Waals surface area contributed by atoms with Crippen LogP contribution in [0.2, 0.25) is 0 Å². The van der Waals surface area contributed by atoms with Crippen molar-refractivity contribution in [3.63, 3.8) is 0 Å². The first-order valence-electron chi connectivity index (χ1n) is 10.1. The zero-order valence-corrected chi connectivity index (χ0v) is 16.2. The van der Waals surface area contributed by atoms with Crippen LogP contribution in [0.25, 0.3) is 5.69 Å². The molecule has 0 bridgehead atoms. The highest BCUT2D eigenvalue weighted by Gasteiger charge is 2.27. The van der Waals surface area contributed by atoms with Gasteiger partial charge in [-0.15, -0.1) is 0 Å². The molecule has 28 heavy (non-hydrogen) atoms. The number of anilines is 1. The predicted octanol–water partition coefficient (Wildman–Crippen LogP) is 2.38. The number of morpholine rings is 1. The number of rotatable bonds is 5. The summed E-state index contributed by atoms with van der Waals surface area (Å²) in [6, 6.07) is 7.97. The molecule has 8 heteroatoms.